The quantitative estimate of drug-likeness (QED) is 0.261. The number of aryl methyl sites for hydroxylation is 1. The lowest BCUT2D eigenvalue weighted by atomic mass is 10.2. The van der Waals surface area contributed by atoms with E-state index in [1.807, 2.05) is 6.92 Å². The molecule has 1 amide bonds. The minimum atomic E-state index is -4.02. The van der Waals surface area contributed by atoms with Gasteiger partial charge in [0, 0.05) is 11.8 Å². The Kier molecular flexibility index (Phi) is 7.89. The zero-order valence-corrected chi connectivity index (χ0v) is 20.0. The van der Waals surface area contributed by atoms with Gasteiger partial charge in [0.2, 0.25) is 11.0 Å². The van der Waals surface area contributed by atoms with Crippen molar-refractivity contribution in [1.82, 2.24) is 10.2 Å². The third kappa shape index (κ3) is 5.87. The largest absolute Gasteiger partial charge is 0.497 e. The third-order valence-electron chi connectivity index (χ3n) is 4.21. The molecule has 168 valence electrons. The number of amides is 1. The van der Waals surface area contributed by atoms with Gasteiger partial charge in [-0.3, -0.25) is 14.4 Å². The van der Waals surface area contributed by atoms with Crippen molar-refractivity contribution >= 4 is 49.8 Å². The predicted molar refractivity (Wildman–Crippen MR) is 128 cm³/mol. The van der Waals surface area contributed by atoms with E-state index in [1.54, 1.807) is 42.5 Å². The van der Waals surface area contributed by atoms with Gasteiger partial charge in [0.15, 0.2) is 4.34 Å². The average molecular weight is 491 g/mol. The van der Waals surface area contributed by atoms with Gasteiger partial charge < -0.3 is 4.74 Å². The number of hydrogen-bond donors (Lipinski definition) is 1. The fraction of sp³-hybridized carbons (Fsp3) is 0.190. The number of nitrogens with zero attached hydrogens (tertiary/aromatic N) is 3. The zero-order valence-electron chi connectivity index (χ0n) is 17.5. The maximum absolute atomic E-state index is 13.4. The lowest BCUT2D eigenvalue weighted by Crippen LogP contribution is -2.38. The standard InChI is InChI=1S/C21H22N4O4S3/c1-4-12-30-21-24-23-20(31-21)22-19(26)14-25(16-6-5-7-17(13-16)29-3)32(27,28)18-10-8-15(2)9-11-18/h4-11,13H,1,12,14H2,2-3H3,(H,22,23,26). The van der Waals surface area contributed by atoms with Crippen LogP contribution in [0.15, 0.2) is 70.4 Å². The van der Waals surface area contributed by atoms with Gasteiger partial charge in [0.05, 0.1) is 17.7 Å². The van der Waals surface area contributed by atoms with E-state index in [-0.39, 0.29) is 4.90 Å². The normalized spacial score (nSPS) is 11.1. The van der Waals surface area contributed by atoms with Crippen molar-refractivity contribution in [3.05, 3.63) is 66.7 Å². The molecule has 0 spiro atoms. The Bertz CT molecular complexity index is 1190. The predicted octanol–water partition coefficient (Wildman–Crippen LogP) is 3.97. The van der Waals surface area contributed by atoms with Crippen molar-refractivity contribution in [2.24, 2.45) is 0 Å². The number of methoxy groups -OCH3 is 1. The topological polar surface area (TPSA) is 101 Å². The van der Waals surface area contributed by atoms with E-state index in [2.05, 4.69) is 22.1 Å². The molecule has 1 heterocycles. The van der Waals surface area contributed by atoms with Gasteiger partial charge in [0.25, 0.3) is 10.0 Å². The monoisotopic (exact) mass is 490 g/mol. The van der Waals surface area contributed by atoms with E-state index in [9.17, 15) is 13.2 Å². The molecule has 0 bridgehead atoms. The molecule has 0 unspecified atom stereocenters. The van der Waals surface area contributed by atoms with Gasteiger partial charge in [-0.2, -0.15) is 0 Å². The summed E-state index contributed by atoms with van der Waals surface area (Å²) in [5, 5.41) is 10.9. The summed E-state index contributed by atoms with van der Waals surface area (Å²) in [7, 11) is -2.53. The lowest BCUT2D eigenvalue weighted by Gasteiger charge is -2.24. The molecule has 3 rings (SSSR count). The van der Waals surface area contributed by atoms with Crippen molar-refractivity contribution in [3.8, 4) is 5.75 Å². The first-order valence-electron chi connectivity index (χ1n) is 9.44. The fourth-order valence-corrected chi connectivity index (χ4v) is 5.60. The van der Waals surface area contributed by atoms with Crippen LogP contribution in [-0.4, -0.2) is 43.9 Å². The van der Waals surface area contributed by atoms with Crippen molar-refractivity contribution in [3.63, 3.8) is 0 Å². The maximum atomic E-state index is 13.4. The molecule has 2 aromatic carbocycles. The number of thioether (sulfide) groups is 1. The van der Waals surface area contributed by atoms with Crippen molar-refractivity contribution < 1.29 is 17.9 Å². The molecule has 1 aromatic heterocycles. The van der Waals surface area contributed by atoms with E-state index >= 15 is 0 Å². The van der Waals surface area contributed by atoms with Crippen LogP contribution in [0.2, 0.25) is 0 Å². The molecular weight excluding hydrogens is 468 g/mol. The first-order chi connectivity index (χ1) is 15.3. The SMILES string of the molecule is C=CCSc1nnc(NC(=O)CN(c2cccc(OC)c2)S(=O)(=O)c2ccc(C)cc2)s1. The van der Waals surface area contributed by atoms with Crippen LogP contribution in [0.5, 0.6) is 5.75 Å². The summed E-state index contributed by atoms with van der Waals surface area (Å²) >= 11 is 2.65. The van der Waals surface area contributed by atoms with Crippen LogP contribution in [0.1, 0.15) is 5.56 Å². The molecule has 0 aliphatic rings. The number of carbonyl (C=O) groups is 1. The number of rotatable bonds is 10. The van der Waals surface area contributed by atoms with Gasteiger partial charge in [-0.05, 0) is 31.2 Å². The summed E-state index contributed by atoms with van der Waals surface area (Å²) in [6, 6.07) is 13.0. The lowest BCUT2D eigenvalue weighted by molar-refractivity contribution is -0.114. The molecule has 11 heteroatoms. The second-order valence-electron chi connectivity index (χ2n) is 6.55. The van der Waals surface area contributed by atoms with Gasteiger partial charge in [0.1, 0.15) is 12.3 Å². The summed E-state index contributed by atoms with van der Waals surface area (Å²) in [5.74, 6) is 0.598. The number of sulfonamides is 1. The van der Waals surface area contributed by atoms with E-state index in [4.69, 9.17) is 4.74 Å². The van der Waals surface area contributed by atoms with Crippen LogP contribution in [0, 0.1) is 6.92 Å². The van der Waals surface area contributed by atoms with Crippen molar-refractivity contribution in [1.29, 1.82) is 0 Å². The average Bonchev–Trinajstić information content (AvgIpc) is 3.23. The summed E-state index contributed by atoms with van der Waals surface area (Å²) in [4.78, 5) is 12.9. The van der Waals surface area contributed by atoms with Crippen LogP contribution in [-0.2, 0) is 14.8 Å². The Balaban J connectivity index is 1.88. The molecular formula is C21H22N4O4S3. The molecule has 0 saturated heterocycles. The van der Waals surface area contributed by atoms with Crippen LogP contribution in [0.4, 0.5) is 10.8 Å². The molecule has 0 aliphatic heterocycles. The first-order valence-corrected chi connectivity index (χ1v) is 12.7. The molecule has 8 nitrogen and oxygen atoms in total. The number of ether oxygens (including phenoxy) is 1. The van der Waals surface area contributed by atoms with E-state index < -0.39 is 22.5 Å². The number of aromatic nitrogens is 2. The van der Waals surface area contributed by atoms with Crippen LogP contribution in [0.3, 0.4) is 0 Å². The molecule has 1 N–H and O–H groups in total. The Hall–Kier alpha value is -2.89. The van der Waals surface area contributed by atoms with Crippen LogP contribution >= 0.6 is 23.1 Å². The first kappa shape index (κ1) is 23.8. The molecule has 0 saturated carbocycles. The third-order valence-corrected chi connectivity index (χ3v) is 7.97. The smallest absolute Gasteiger partial charge is 0.264 e. The number of anilines is 2. The summed E-state index contributed by atoms with van der Waals surface area (Å²) in [6.07, 6.45) is 1.74. The molecule has 0 radical (unpaired) electrons. The van der Waals surface area contributed by atoms with E-state index in [1.165, 1.54) is 42.3 Å². The van der Waals surface area contributed by atoms with Gasteiger partial charge >= 0.3 is 0 Å². The summed E-state index contributed by atoms with van der Waals surface area (Å²) in [6.45, 7) is 5.07. The van der Waals surface area contributed by atoms with Gasteiger partial charge in [-0.1, -0.05) is 52.9 Å². The summed E-state index contributed by atoms with van der Waals surface area (Å²) in [5.41, 5.74) is 1.23. The highest BCUT2D eigenvalue weighted by Gasteiger charge is 2.28. The van der Waals surface area contributed by atoms with Crippen LogP contribution in [0.25, 0.3) is 0 Å². The molecule has 0 atom stereocenters. The zero-order chi connectivity index (χ0) is 23.1. The second kappa shape index (κ2) is 10.6. The molecule has 32 heavy (non-hydrogen) atoms. The number of hydrogen-bond acceptors (Lipinski definition) is 8. The van der Waals surface area contributed by atoms with Gasteiger partial charge in [-0.25, -0.2) is 8.42 Å². The highest BCUT2D eigenvalue weighted by Crippen LogP contribution is 2.28. The minimum absolute atomic E-state index is 0.0812. The second-order valence-corrected chi connectivity index (χ2v) is 10.7. The fourth-order valence-electron chi connectivity index (χ4n) is 2.66. The minimum Gasteiger partial charge on any atom is -0.497 e. The highest BCUT2D eigenvalue weighted by molar-refractivity contribution is 8.01. The van der Waals surface area contributed by atoms with Gasteiger partial charge in [-0.15, -0.1) is 16.8 Å². The molecule has 3 aromatic rings. The van der Waals surface area contributed by atoms with Crippen molar-refractivity contribution in [2.75, 3.05) is 29.0 Å². The highest BCUT2D eigenvalue weighted by atomic mass is 32.2. The Morgan fingerprint density at radius 3 is 2.69 bits per heavy atom. The number of nitrogens with one attached hydrogen (secondary N) is 1. The molecule has 0 aliphatic carbocycles. The Labute approximate surface area is 195 Å². The Morgan fingerprint density at radius 1 is 1.25 bits per heavy atom. The molecule has 0 fully saturated rings. The van der Waals surface area contributed by atoms with Crippen LogP contribution < -0.4 is 14.4 Å². The number of carbonyl (C=O) groups excluding carboxylic acids is 1. The number of benzene rings is 2. The Morgan fingerprint density at radius 2 is 2.00 bits per heavy atom. The van der Waals surface area contributed by atoms with Crippen molar-refractivity contribution in [2.45, 2.75) is 16.2 Å². The van der Waals surface area contributed by atoms with E-state index in [0.29, 0.717) is 26.7 Å². The van der Waals surface area contributed by atoms with E-state index in [0.717, 1.165) is 9.87 Å². The maximum Gasteiger partial charge on any atom is 0.264 e. The summed E-state index contributed by atoms with van der Waals surface area (Å²) < 4.78 is 33.8.